The molecule has 1 unspecified atom stereocenters. The number of rotatable bonds is 10. The van der Waals surface area contributed by atoms with E-state index in [1.54, 1.807) is 14.2 Å². The van der Waals surface area contributed by atoms with Gasteiger partial charge in [0.1, 0.15) is 5.75 Å². The van der Waals surface area contributed by atoms with Gasteiger partial charge in [0.25, 0.3) is 0 Å². The van der Waals surface area contributed by atoms with Crippen molar-refractivity contribution in [2.75, 3.05) is 34.0 Å². The van der Waals surface area contributed by atoms with Crippen molar-refractivity contribution >= 4 is 0 Å². The Hall–Kier alpha value is -1.10. The maximum absolute atomic E-state index is 5.61. The first-order valence-corrected chi connectivity index (χ1v) is 6.74. The molecule has 0 heterocycles. The van der Waals surface area contributed by atoms with E-state index in [9.17, 15) is 0 Å². The van der Waals surface area contributed by atoms with Crippen molar-refractivity contribution in [3.05, 3.63) is 29.8 Å². The third-order valence-electron chi connectivity index (χ3n) is 2.76. The van der Waals surface area contributed by atoms with Crippen LogP contribution in [0.1, 0.15) is 18.9 Å². The quantitative estimate of drug-likeness (QED) is 0.705. The zero-order chi connectivity index (χ0) is 13.9. The van der Waals surface area contributed by atoms with E-state index in [1.807, 2.05) is 12.1 Å². The van der Waals surface area contributed by atoms with Crippen molar-refractivity contribution in [2.45, 2.75) is 26.0 Å². The van der Waals surface area contributed by atoms with Gasteiger partial charge in [0.2, 0.25) is 0 Å². The highest BCUT2D eigenvalue weighted by Crippen LogP contribution is 2.13. The van der Waals surface area contributed by atoms with Crippen LogP contribution in [0.15, 0.2) is 24.3 Å². The molecular formula is C15H25NO3. The second kappa shape index (κ2) is 9.78. The molecule has 19 heavy (non-hydrogen) atoms. The van der Waals surface area contributed by atoms with E-state index < -0.39 is 0 Å². The SMILES string of the molecule is CCCOc1cccc(CNCC(COC)OC)c1. The summed E-state index contributed by atoms with van der Waals surface area (Å²) in [5, 5.41) is 3.36. The van der Waals surface area contributed by atoms with Crippen molar-refractivity contribution < 1.29 is 14.2 Å². The van der Waals surface area contributed by atoms with Gasteiger partial charge in [0.05, 0.1) is 19.3 Å². The lowest BCUT2D eigenvalue weighted by Gasteiger charge is -2.15. The Bertz CT molecular complexity index is 344. The van der Waals surface area contributed by atoms with E-state index in [0.29, 0.717) is 6.61 Å². The summed E-state index contributed by atoms with van der Waals surface area (Å²) in [4.78, 5) is 0. The summed E-state index contributed by atoms with van der Waals surface area (Å²) in [6.07, 6.45) is 1.11. The van der Waals surface area contributed by atoms with Crippen molar-refractivity contribution in [3.8, 4) is 5.75 Å². The van der Waals surface area contributed by atoms with Crippen LogP contribution in [0, 0.1) is 0 Å². The van der Waals surface area contributed by atoms with Gasteiger partial charge < -0.3 is 19.5 Å². The Morgan fingerprint density at radius 1 is 1.26 bits per heavy atom. The topological polar surface area (TPSA) is 39.7 Å². The van der Waals surface area contributed by atoms with Crippen molar-refractivity contribution in [3.63, 3.8) is 0 Å². The maximum atomic E-state index is 5.61. The normalized spacial score (nSPS) is 12.4. The van der Waals surface area contributed by atoms with E-state index in [-0.39, 0.29) is 6.10 Å². The fourth-order valence-electron chi connectivity index (χ4n) is 1.74. The number of hydrogen-bond acceptors (Lipinski definition) is 4. The van der Waals surface area contributed by atoms with Crippen LogP contribution >= 0.6 is 0 Å². The fraction of sp³-hybridized carbons (Fsp3) is 0.600. The monoisotopic (exact) mass is 267 g/mol. The molecule has 1 aromatic rings. The molecule has 4 nitrogen and oxygen atoms in total. The number of ether oxygens (including phenoxy) is 3. The average molecular weight is 267 g/mol. The van der Waals surface area contributed by atoms with Crippen molar-refractivity contribution in [1.82, 2.24) is 5.32 Å². The molecule has 0 bridgehead atoms. The lowest BCUT2D eigenvalue weighted by atomic mass is 10.2. The largest absolute Gasteiger partial charge is 0.494 e. The van der Waals surface area contributed by atoms with Gasteiger partial charge in [0.15, 0.2) is 0 Å². The molecule has 0 aliphatic heterocycles. The van der Waals surface area contributed by atoms with Gasteiger partial charge in [-0.3, -0.25) is 0 Å². The van der Waals surface area contributed by atoms with Crippen LogP contribution in [-0.4, -0.2) is 40.1 Å². The highest BCUT2D eigenvalue weighted by Gasteiger charge is 2.05. The molecule has 0 radical (unpaired) electrons. The fourth-order valence-corrected chi connectivity index (χ4v) is 1.74. The molecule has 0 saturated carbocycles. The standard InChI is InChI=1S/C15H25NO3/c1-4-8-19-14-7-5-6-13(9-14)10-16-11-15(18-3)12-17-2/h5-7,9,15-16H,4,8,10-12H2,1-3H3. The third-order valence-corrected chi connectivity index (χ3v) is 2.76. The predicted octanol–water partition coefficient (Wildman–Crippen LogP) is 2.23. The first kappa shape index (κ1) is 16.0. The third kappa shape index (κ3) is 6.57. The molecule has 108 valence electrons. The second-order valence-electron chi connectivity index (χ2n) is 4.44. The Labute approximate surface area is 116 Å². The van der Waals surface area contributed by atoms with Gasteiger partial charge in [-0.2, -0.15) is 0 Å². The lowest BCUT2D eigenvalue weighted by Crippen LogP contribution is -2.31. The molecule has 1 N–H and O–H groups in total. The first-order valence-electron chi connectivity index (χ1n) is 6.74. The minimum absolute atomic E-state index is 0.0875. The van der Waals surface area contributed by atoms with Crippen LogP contribution in [-0.2, 0) is 16.0 Å². The zero-order valence-electron chi connectivity index (χ0n) is 12.1. The van der Waals surface area contributed by atoms with Gasteiger partial charge in [-0.25, -0.2) is 0 Å². The predicted molar refractivity (Wildman–Crippen MR) is 76.6 cm³/mol. The number of benzene rings is 1. The lowest BCUT2D eigenvalue weighted by molar-refractivity contribution is 0.0288. The molecule has 1 atom stereocenters. The van der Waals surface area contributed by atoms with Gasteiger partial charge in [-0.1, -0.05) is 19.1 Å². The molecule has 0 spiro atoms. The van der Waals surface area contributed by atoms with Crippen molar-refractivity contribution in [1.29, 1.82) is 0 Å². The highest BCUT2D eigenvalue weighted by atomic mass is 16.5. The van der Waals surface area contributed by atoms with Crippen LogP contribution in [0.5, 0.6) is 5.75 Å². The summed E-state index contributed by atoms with van der Waals surface area (Å²) in [5.41, 5.74) is 1.21. The Morgan fingerprint density at radius 3 is 2.79 bits per heavy atom. The minimum atomic E-state index is 0.0875. The number of methoxy groups -OCH3 is 2. The van der Waals surface area contributed by atoms with Crippen LogP contribution in [0.2, 0.25) is 0 Å². The van der Waals surface area contributed by atoms with Gasteiger partial charge in [-0.05, 0) is 24.1 Å². The summed E-state index contributed by atoms with van der Waals surface area (Å²) >= 11 is 0. The Kier molecular flexibility index (Phi) is 8.21. The summed E-state index contributed by atoms with van der Waals surface area (Å²) in [5.74, 6) is 0.932. The minimum Gasteiger partial charge on any atom is -0.494 e. The molecule has 1 aromatic carbocycles. The Morgan fingerprint density at radius 2 is 2.11 bits per heavy atom. The van der Waals surface area contributed by atoms with Crippen molar-refractivity contribution in [2.24, 2.45) is 0 Å². The second-order valence-corrected chi connectivity index (χ2v) is 4.44. The smallest absolute Gasteiger partial charge is 0.119 e. The zero-order valence-corrected chi connectivity index (χ0v) is 12.1. The summed E-state index contributed by atoms with van der Waals surface area (Å²) in [7, 11) is 3.38. The van der Waals surface area contributed by atoms with Crippen LogP contribution in [0.3, 0.4) is 0 Å². The molecule has 1 rings (SSSR count). The molecule has 0 fully saturated rings. The Balaban J connectivity index is 2.35. The summed E-state index contributed by atoms with van der Waals surface area (Å²) in [6.45, 7) is 5.03. The van der Waals surface area contributed by atoms with E-state index in [2.05, 4.69) is 24.4 Å². The maximum Gasteiger partial charge on any atom is 0.119 e. The molecule has 0 aliphatic carbocycles. The first-order chi connectivity index (χ1) is 9.30. The number of nitrogens with one attached hydrogen (secondary N) is 1. The molecule has 0 aliphatic rings. The van der Waals surface area contributed by atoms with Crippen LogP contribution in [0.4, 0.5) is 0 Å². The summed E-state index contributed by atoms with van der Waals surface area (Å²) in [6, 6.07) is 8.16. The van der Waals surface area contributed by atoms with Gasteiger partial charge in [-0.15, -0.1) is 0 Å². The van der Waals surface area contributed by atoms with E-state index in [0.717, 1.165) is 31.9 Å². The van der Waals surface area contributed by atoms with Crippen LogP contribution in [0.25, 0.3) is 0 Å². The average Bonchev–Trinajstić information content (AvgIpc) is 2.44. The molecule has 0 aromatic heterocycles. The molecule has 0 saturated heterocycles. The molecule has 0 amide bonds. The molecule has 4 heteroatoms. The molecular weight excluding hydrogens is 242 g/mol. The van der Waals surface area contributed by atoms with Gasteiger partial charge in [0, 0.05) is 27.3 Å². The van der Waals surface area contributed by atoms with Crippen LogP contribution < -0.4 is 10.1 Å². The van der Waals surface area contributed by atoms with E-state index in [4.69, 9.17) is 14.2 Å². The highest BCUT2D eigenvalue weighted by molar-refractivity contribution is 5.28. The van der Waals surface area contributed by atoms with E-state index >= 15 is 0 Å². The van der Waals surface area contributed by atoms with E-state index in [1.165, 1.54) is 5.56 Å². The van der Waals surface area contributed by atoms with Gasteiger partial charge >= 0.3 is 0 Å². The summed E-state index contributed by atoms with van der Waals surface area (Å²) < 4.78 is 16.0. The number of hydrogen-bond donors (Lipinski definition) is 1.